The van der Waals surface area contributed by atoms with Crippen LogP contribution in [0, 0.1) is 0 Å². The highest BCUT2D eigenvalue weighted by Gasteiger charge is 2.32. The summed E-state index contributed by atoms with van der Waals surface area (Å²) in [4.78, 5) is 12.9. The van der Waals surface area contributed by atoms with Crippen molar-refractivity contribution < 1.29 is 22.7 Å². The average Bonchev–Trinajstić information content (AvgIpc) is 3.48. The lowest BCUT2D eigenvalue weighted by Crippen LogP contribution is -2.14. The lowest BCUT2D eigenvalue weighted by molar-refractivity contribution is -0.137. The Morgan fingerprint density at radius 3 is 2.45 bits per heavy atom. The van der Waals surface area contributed by atoms with Gasteiger partial charge in [-0.05, 0) is 37.1 Å². The minimum atomic E-state index is -4.41. The number of para-hydroxylation sites is 1. The topological polar surface area (TPSA) is 67.0 Å². The van der Waals surface area contributed by atoms with Crippen LogP contribution >= 0.6 is 0 Å². The van der Waals surface area contributed by atoms with Gasteiger partial charge in [-0.15, -0.1) is 0 Å². The van der Waals surface area contributed by atoms with Gasteiger partial charge in [0.15, 0.2) is 0 Å². The van der Waals surface area contributed by atoms with E-state index in [2.05, 4.69) is 15.5 Å². The van der Waals surface area contributed by atoms with Gasteiger partial charge in [-0.3, -0.25) is 9.89 Å². The molecule has 1 aromatic heterocycles. The Kier molecular flexibility index (Phi) is 4.77. The largest absolute Gasteiger partial charge is 0.496 e. The number of H-pyrrole nitrogens is 1. The van der Waals surface area contributed by atoms with Crippen LogP contribution in [0.4, 0.5) is 18.9 Å². The molecule has 0 saturated heterocycles. The molecule has 0 atom stereocenters. The number of aromatic amines is 1. The van der Waals surface area contributed by atoms with Gasteiger partial charge < -0.3 is 10.1 Å². The molecule has 29 heavy (non-hydrogen) atoms. The predicted octanol–water partition coefficient (Wildman–Crippen LogP) is 5.23. The molecule has 1 heterocycles. The second kappa shape index (κ2) is 7.27. The number of halogens is 3. The number of benzene rings is 2. The molecule has 1 amide bonds. The number of anilines is 1. The molecule has 3 aromatic rings. The second-order valence-corrected chi connectivity index (χ2v) is 6.86. The fraction of sp³-hybridized carbons (Fsp3) is 0.238. The van der Waals surface area contributed by atoms with Gasteiger partial charge in [0.2, 0.25) is 0 Å². The first kappa shape index (κ1) is 19.0. The van der Waals surface area contributed by atoms with Crippen molar-refractivity contribution in [1.29, 1.82) is 0 Å². The molecule has 0 bridgehead atoms. The number of hydrogen-bond donors (Lipinski definition) is 2. The maximum absolute atomic E-state index is 12.9. The van der Waals surface area contributed by atoms with Crippen molar-refractivity contribution in [2.45, 2.75) is 24.9 Å². The third kappa shape index (κ3) is 3.83. The van der Waals surface area contributed by atoms with Crippen molar-refractivity contribution in [1.82, 2.24) is 10.2 Å². The van der Waals surface area contributed by atoms with Gasteiger partial charge in [0.1, 0.15) is 11.4 Å². The molecule has 2 N–H and O–H groups in total. The molecular weight excluding hydrogens is 383 g/mol. The number of nitrogens with zero attached hydrogens (tertiary/aromatic N) is 1. The first-order valence-electron chi connectivity index (χ1n) is 9.08. The van der Waals surface area contributed by atoms with Gasteiger partial charge >= 0.3 is 6.18 Å². The standard InChI is InChI=1S/C21H18F3N3O2/c1-29-16-5-3-2-4-15(16)20(28)25-19-17(12-6-7-12)26-27-18(19)13-8-10-14(11-9-13)21(22,23)24/h2-5,8-12H,6-7H2,1H3,(H,25,28)(H,26,27). The second-order valence-electron chi connectivity index (χ2n) is 6.86. The van der Waals surface area contributed by atoms with Crippen molar-refractivity contribution in [3.05, 3.63) is 65.4 Å². The summed E-state index contributed by atoms with van der Waals surface area (Å²) in [7, 11) is 1.48. The van der Waals surface area contributed by atoms with Crippen LogP contribution < -0.4 is 10.1 Å². The fourth-order valence-corrected chi connectivity index (χ4v) is 3.19. The molecule has 1 aliphatic rings. The number of alkyl halides is 3. The van der Waals surface area contributed by atoms with Crippen LogP contribution in [0.2, 0.25) is 0 Å². The number of nitrogens with one attached hydrogen (secondary N) is 2. The van der Waals surface area contributed by atoms with Crippen LogP contribution in [0.25, 0.3) is 11.3 Å². The number of carbonyl (C=O) groups excluding carboxylic acids is 1. The minimum absolute atomic E-state index is 0.249. The molecule has 0 spiro atoms. The summed E-state index contributed by atoms with van der Waals surface area (Å²) in [5.74, 6) is 0.301. The van der Waals surface area contributed by atoms with E-state index >= 15 is 0 Å². The SMILES string of the molecule is COc1ccccc1C(=O)Nc1c(-c2ccc(C(F)(F)F)cc2)n[nH]c1C1CC1. The Morgan fingerprint density at radius 2 is 1.83 bits per heavy atom. The minimum Gasteiger partial charge on any atom is -0.496 e. The molecule has 2 aromatic carbocycles. The van der Waals surface area contributed by atoms with Crippen LogP contribution in [0.15, 0.2) is 48.5 Å². The number of carbonyl (C=O) groups is 1. The first-order chi connectivity index (χ1) is 13.9. The number of amides is 1. The third-order valence-corrected chi connectivity index (χ3v) is 4.86. The molecule has 0 aliphatic heterocycles. The maximum Gasteiger partial charge on any atom is 0.416 e. The molecule has 1 aliphatic carbocycles. The van der Waals surface area contributed by atoms with E-state index in [9.17, 15) is 18.0 Å². The van der Waals surface area contributed by atoms with E-state index in [4.69, 9.17) is 4.74 Å². The van der Waals surface area contributed by atoms with E-state index in [1.54, 1.807) is 24.3 Å². The monoisotopic (exact) mass is 401 g/mol. The zero-order valence-electron chi connectivity index (χ0n) is 15.5. The Hall–Kier alpha value is -3.29. The van der Waals surface area contributed by atoms with Gasteiger partial charge in [-0.1, -0.05) is 24.3 Å². The normalized spacial score (nSPS) is 13.9. The Morgan fingerprint density at radius 1 is 1.14 bits per heavy atom. The molecule has 0 unspecified atom stereocenters. The Labute approximate surface area is 164 Å². The molecule has 4 rings (SSSR count). The maximum atomic E-state index is 12.9. The zero-order chi connectivity index (χ0) is 20.6. The quantitative estimate of drug-likeness (QED) is 0.615. The number of methoxy groups -OCH3 is 1. The van der Waals surface area contributed by atoms with E-state index in [1.807, 2.05) is 0 Å². The van der Waals surface area contributed by atoms with E-state index in [0.717, 1.165) is 30.7 Å². The summed E-state index contributed by atoms with van der Waals surface area (Å²) in [5.41, 5.74) is 1.78. The van der Waals surface area contributed by atoms with Gasteiger partial charge in [-0.25, -0.2) is 0 Å². The number of rotatable bonds is 5. The van der Waals surface area contributed by atoms with Gasteiger partial charge in [0.25, 0.3) is 5.91 Å². The van der Waals surface area contributed by atoms with Crippen LogP contribution in [0.1, 0.15) is 40.4 Å². The first-order valence-corrected chi connectivity index (χ1v) is 9.08. The number of aromatic nitrogens is 2. The lowest BCUT2D eigenvalue weighted by atomic mass is 10.1. The molecule has 5 nitrogen and oxygen atoms in total. The van der Waals surface area contributed by atoms with Gasteiger partial charge in [-0.2, -0.15) is 18.3 Å². The highest BCUT2D eigenvalue weighted by Crippen LogP contribution is 2.45. The van der Waals surface area contributed by atoms with Crippen molar-refractivity contribution in [3.8, 4) is 17.0 Å². The van der Waals surface area contributed by atoms with E-state index in [0.29, 0.717) is 28.3 Å². The van der Waals surface area contributed by atoms with E-state index in [1.165, 1.54) is 19.2 Å². The third-order valence-electron chi connectivity index (χ3n) is 4.86. The smallest absolute Gasteiger partial charge is 0.416 e. The van der Waals surface area contributed by atoms with Crippen molar-refractivity contribution in [2.75, 3.05) is 12.4 Å². The van der Waals surface area contributed by atoms with Crippen LogP contribution in [-0.2, 0) is 6.18 Å². The van der Waals surface area contributed by atoms with Crippen LogP contribution in [0.3, 0.4) is 0 Å². The molecule has 1 fully saturated rings. The van der Waals surface area contributed by atoms with Gasteiger partial charge in [0, 0.05) is 11.5 Å². The molecule has 150 valence electrons. The summed E-state index contributed by atoms with van der Waals surface area (Å²) in [6, 6.07) is 11.5. The Bertz CT molecular complexity index is 1040. The summed E-state index contributed by atoms with van der Waals surface area (Å²) in [6.45, 7) is 0. The Balaban J connectivity index is 1.69. The zero-order valence-corrected chi connectivity index (χ0v) is 15.5. The van der Waals surface area contributed by atoms with Crippen molar-refractivity contribution in [3.63, 3.8) is 0 Å². The number of ether oxygens (including phenoxy) is 1. The highest BCUT2D eigenvalue weighted by atomic mass is 19.4. The summed E-state index contributed by atoms with van der Waals surface area (Å²) in [6.07, 6.45) is -2.48. The average molecular weight is 401 g/mol. The summed E-state index contributed by atoms with van der Waals surface area (Å²) < 4.78 is 43.8. The summed E-state index contributed by atoms with van der Waals surface area (Å²) in [5, 5.41) is 10.1. The van der Waals surface area contributed by atoms with E-state index in [-0.39, 0.29) is 11.8 Å². The van der Waals surface area contributed by atoms with E-state index < -0.39 is 11.7 Å². The van der Waals surface area contributed by atoms with Crippen LogP contribution in [0.5, 0.6) is 5.75 Å². The predicted molar refractivity (Wildman–Crippen MR) is 102 cm³/mol. The fourth-order valence-electron chi connectivity index (χ4n) is 3.19. The molecule has 1 saturated carbocycles. The van der Waals surface area contributed by atoms with Gasteiger partial charge in [0.05, 0.1) is 29.6 Å². The molecular formula is C21H18F3N3O2. The molecule has 0 radical (unpaired) electrons. The molecule has 8 heteroatoms. The van der Waals surface area contributed by atoms with Crippen molar-refractivity contribution in [2.24, 2.45) is 0 Å². The summed E-state index contributed by atoms with van der Waals surface area (Å²) >= 11 is 0. The number of hydrogen-bond acceptors (Lipinski definition) is 3. The van der Waals surface area contributed by atoms with Crippen molar-refractivity contribution >= 4 is 11.6 Å². The highest BCUT2D eigenvalue weighted by molar-refractivity contribution is 6.08. The van der Waals surface area contributed by atoms with Crippen LogP contribution in [-0.4, -0.2) is 23.2 Å². The lowest BCUT2D eigenvalue weighted by Gasteiger charge is -2.11.